The fourth-order valence-electron chi connectivity index (χ4n) is 2.30. The summed E-state index contributed by atoms with van der Waals surface area (Å²) in [5, 5.41) is 2.98. The number of nitrogens with zero attached hydrogens (tertiary/aromatic N) is 1. The number of aromatic nitrogens is 2. The second kappa shape index (κ2) is 6.54. The minimum Gasteiger partial charge on any atom is -0.382 e. The van der Waals surface area contributed by atoms with Crippen molar-refractivity contribution < 1.29 is 9.53 Å². The summed E-state index contributed by atoms with van der Waals surface area (Å²) in [7, 11) is 0. The number of carbonyl (C=O) groups is 1. The third-order valence-electron chi connectivity index (χ3n) is 3.33. The van der Waals surface area contributed by atoms with Crippen molar-refractivity contribution in [2.24, 2.45) is 5.92 Å². The van der Waals surface area contributed by atoms with Gasteiger partial charge in [-0.25, -0.2) is 4.98 Å². The molecule has 5 nitrogen and oxygen atoms in total. The molecule has 1 heterocycles. The number of rotatable bonds is 6. The summed E-state index contributed by atoms with van der Waals surface area (Å²) >= 11 is 0. The molecular weight excluding hydrogens is 230 g/mol. The van der Waals surface area contributed by atoms with Gasteiger partial charge in [0.25, 0.3) is 0 Å². The van der Waals surface area contributed by atoms with Crippen molar-refractivity contribution in [3.63, 3.8) is 0 Å². The summed E-state index contributed by atoms with van der Waals surface area (Å²) in [5.41, 5.74) is 2.24. The van der Waals surface area contributed by atoms with E-state index in [1.54, 1.807) is 6.33 Å². The Bertz CT molecular complexity index is 389. The van der Waals surface area contributed by atoms with Crippen LogP contribution >= 0.6 is 0 Å². The zero-order valence-corrected chi connectivity index (χ0v) is 10.9. The van der Waals surface area contributed by atoms with Gasteiger partial charge in [0.2, 0.25) is 5.91 Å². The van der Waals surface area contributed by atoms with Crippen LogP contribution in [0.2, 0.25) is 0 Å². The fourth-order valence-corrected chi connectivity index (χ4v) is 2.30. The normalized spacial score (nSPS) is 18.4. The van der Waals surface area contributed by atoms with Crippen molar-refractivity contribution >= 4 is 5.91 Å². The van der Waals surface area contributed by atoms with E-state index in [4.69, 9.17) is 4.74 Å². The van der Waals surface area contributed by atoms with E-state index >= 15 is 0 Å². The molecule has 1 aromatic rings. The van der Waals surface area contributed by atoms with E-state index in [9.17, 15) is 4.79 Å². The second-order valence-corrected chi connectivity index (χ2v) is 4.61. The molecule has 0 fully saturated rings. The van der Waals surface area contributed by atoms with Gasteiger partial charge in [-0.15, -0.1) is 0 Å². The van der Waals surface area contributed by atoms with E-state index in [2.05, 4.69) is 15.3 Å². The Balaban J connectivity index is 1.71. The average molecular weight is 251 g/mol. The molecule has 1 aliphatic rings. The van der Waals surface area contributed by atoms with E-state index < -0.39 is 0 Å². The molecule has 0 radical (unpaired) electrons. The smallest absolute Gasteiger partial charge is 0.223 e. The number of ether oxygens (including phenoxy) is 1. The Morgan fingerprint density at radius 2 is 2.56 bits per heavy atom. The molecule has 5 heteroatoms. The number of nitrogens with one attached hydrogen (secondary N) is 2. The number of fused-ring (bicyclic) bond motifs is 1. The Morgan fingerprint density at radius 3 is 3.39 bits per heavy atom. The lowest BCUT2D eigenvalue weighted by Gasteiger charge is -2.20. The van der Waals surface area contributed by atoms with Gasteiger partial charge in [0.1, 0.15) is 0 Å². The molecular formula is C13H21N3O2. The maximum absolute atomic E-state index is 12.0. The molecule has 0 saturated carbocycles. The van der Waals surface area contributed by atoms with Crippen LogP contribution in [0, 0.1) is 5.92 Å². The number of aryl methyl sites for hydroxylation is 1. The zero-order chi connectivity index (χ0) is 12.8. The maximum atomic E-state index is 12.0. The third kappa shape index (κ3) is 3.32. The molecule has 2 N–H and O–H groups in total. The summed E-state index contributed by atoms with van der Waals surface area (Å²) in [4.78, 5) is 19.3. The van der Waals surface area contributed by atoms with E-state index in [1.807, 2.05) is 6.92 Å². The topological polar surface area (TPSA) is 67.0 Å². The summed E-state index contributed by atoms with van der Waals surface area (Å²) in [6, 6.07) is 0. The monoisotopic (exact) mass is 251 g/mol. The highest BCUT2D eigenvalue weighted by molar-refractivity contribution is 5.79. The Morgan fingerprint density at radius 1 is 1.67 bits per heavy atom. The molecule has 0 aliphatic heterocycles. The van der Waals surface area contributed by atoms with Crippen molar-refractivity contribution in [3.8, 4) is 0 Å². The van der Waals surface area contributed by atoms with Gasteiger partial charge < -0.3 is 15.0 Å². The van der Waals surface area contributed by atoms with Crippen molar-refractivity contribution in [1.82, 2.24) is 15.3 Å². The zero-order valence-electron chi connectivity index (χ0n) is 10.9. The van der Waals surface area contributed by atoms with Crippen LogP contribution < -0.4 is 5.32 Å². The first-order valence-electron chi connectivity index (χ1n) is 6.67. The van der Waals surface area contributed by atoms with Crippen LogP contribution in [0.4, 0.5) is 0 Å². The van der Waals surface area contributed by atoms with Crippen molar-refractivity contribution in [2.75, 3.05) is 19.8 Å². The van der Waals surface area contributed by atoms with Gasteiger partial charge in [-0.2, -0.15) is 0 Å². The molecule has 0 spiro atoms. The molecule has 0 bridgehead atoms. The predicted octanol–water partition coefficient (Wildman–Crippen LogP) is 1.06. The fraction of sp³-hybridized carbons (Fsp3) is 0.692. The largest absolute Gasteiger partial charge is 0.382 e. The van der Waals surface area contributed by atoms with Gasteiger partial charge in [0, 0.05) is 37.8 Å². The Hall–Kier alpha value is -1.36. The number of hydrogen-bond donors (Lipinski definition) is 2. The highest BCUT2D eigenvalue weighted by Gasteiger charge is 2.25. The lowest BCUT2D eigenvalue weighted by atomic mass is 9.89. The molecule has 1 atom stereocenters. The van der Waals surface area contributed by atoms with Crippen LogP contribution in [0.25, 0.3) is 0 Å². The van der Waals surface area contributed by atoms with E-state index in [0.717, 1.165) is 43.7 Å². The minimum absolute atomic E-state index is 0.0880. The summed E-state index contributed by atoms with van der Waals surface area (Å²) in [5.74, 6) is 0.247. The molecule has 0 aromatic carbocycles. The summed E-state index contributed by atoms with van der Waals surface area (Å²) in [6.45, 7) is 4.12. The Kier molecular flexibility index (Phi) is 4.75. The number of imidazole rings is 1. The van der Waals surface area contributed by atoms with Gasteiger partial charge in [-0.05, 0) is 26.2 Å². The maximum Gasteiger partial charge on any atom is 0.223 e. The molecule has 18 heavy (non-hydrogen) atoms. The van der Waals surface area contributed by atoms with Crippen molar-refractivity contribution in [2.45, 2.75) is 32.6 Å². The van der Waals surface area contributed by atoms with E-state index in [-0.39, 0.29) is 11.8 Å². The molecule has 1 aromatic heterocycles. The average Bonchev–Trinajstić information content (AvgIpc) is 2.85. The Labute approximate surface area is 107 Å². The highest BCUT2D eigenvalue weighted by Crippen LogP contribution is 2.22. The lowest BCUT2D eigenvalue weighted by molar-refractivity contribution is -0.125. The van der Waals surface area contributed by atoms with Crippen molar-refractivity contribution in [3.05, 3.63) is 17.7 Å². The van der Waals surface area contributed by atoms with E-state index in [1.165, 1.54) is 0 Å². The minimum atomic E-state index is 0.0880. The number of aromatic amines is 1. The first-order chi connectivity index (χ1) is 8.81. The van der Waals surface area contributed by atoms with Crippen molar-refractivity contribution in [1.29, 1.82) is 0 Å². The predicted molar refractivity (Wildman–Crippen MR) is 68.2 cm³/mol. The number of amides is 1. The summed E-state index contributed by atoms with van der Waals surface area (Å²) in [6.07, 6.45) is 5.17. The van der Waals surface area contributed by atoms with Gasteiger partial charge in [0.05, 0.1) is 12.0 Å². The molecule has 1 unspecified atom stereocenters. The quantitative estimate of drug-likeness (QED) is 0.743. The van der Waals surface area contributed by atoms with Crippen LogP contribution in [-0.4, -0.2) is 35.6 Å². The lowest BCUT2D eigenvalue weighted by Crippen LogP contribution is -2.35. The van der Waals surface area contributed by atoms with E-state index in [0.29, 0.717) is 13.2 Å². The van der Waals surface area contributed by atoms with Crippen LogP contribution in [0.15, 0.2) is 6.33 Å². The van der Waals surface area contributed by atoms with Crippen LogP contribution in [-0.2, 0) is 22.4 Å². The summed E-state index contributed by atoms with van der Waals surface area (Å²) < 4.78 is 5.23. The van der Waals surface area contributed by atoms with Gasteiger partial charge in [-0.3, -0.25) is 4.79 Å². The first kappa shape index (κ1) is 13.1. The number of H-pyrrole nitrogens is 1. The van der Waals surface area contributed by atoms with Crippen LogP contribution in [0.3, 0.4) is 0 Å². The van der Waals surface area contributed by atoms with Gasteiger partial charge >= 0.3 is 0 Å². The SMILES string of the molecule is CCOCCCNC(=O)C1CCc2nc[nH]c2C1. The standard InChI is InChI=1S/C13H21N3O2/c1-2-18-7-3-6-14-13(17)10-4-5-11-12(8-10)16-9-15-11/h9-10H,2-8H2,1H3,(H,14,17)(H,15,16). The van der Waals surface area contributed by atoms with Crippen LogP contribution in [0.5, 0.6) is 0 Å². The molecule has 1 aliphatic carbocycles. The number of hydrogen-bond acceptors (Lipinski definition) is 3. The molecule has 100 valence electrons. The number of carbonyl (C=O) groups excluding carboxylic acids is 1. The molecule has 1 amide bonds. The molecule has 2 rings (SSSR count). The highest BCUT2D eigenvalue weighted by atomic mass is 16.5. The molecule has 0 saturated heterocycles. The second-order valence-electron chi connectivity index (χ2n) is 4.61. The third-order valence-corrected chi connectivity index (χ3v) is 3.33. The van der Waals surface area contributed by atoms with Crippen LogP contribution in [0.1, 0.15) is 31.2 Å². The first-order valence-corrected chi connectivity index (χ1v) is 6.67. The van der Waals surface area contributed by atoms with Gasteiger partial charge in [-0.1, -0.05) is 0 Å². The van der Waals surface area contributed by atoms with Gasteiger partial charge in [0.15, 0.2) is 0 Å².